The first-order chi connectivity index (χ1) is 8.08. The second-order valence-corrected chi connectivity index (χ2v) is 4.71. The minimum Gasteiger partial charge on any atom is -0.493 e. The van der Waals surface area contributed by atoms with Crippen LogP contribution in [0.4, 0.5) is 0 Å². The van der Waals surface area contributed by atoms with Crippen LogP contribution in [-0.4, -0.2) is 18.8 Å². The van der Waals surface area contributed by atoms with Crippen LogP contribution in [0.3, 0.4) is 0 Å². The van der Waals surface area contributed by atoms with Gasteiger partial charge in [-0.3, -0.25) is 0 Å². The lowest BCUT2D eigenvalue weighted by atomic mass is 10.2. The first-order valence-electron chi connectivity index (χ1n) is 5.32. The molecule has 0 heterocycles. The van der Waals surface area contributed by atoms with E-state index in [1.807, 2.05) is 26.0 Å². The third kappa shape index (κ3) is 4.06. The highest BCUT2D eigenvalue weighted by Gasteiger charge is 2.10. The maximum Gasteiger partial charge on any atom is 0.175 e. The Morgan fingerprint density at radius 3 is 2.65 bits per heavy atom. The predicted octanol–water partition coefficient (Wildman–Crippen LogP) is 3.30. The number of benzene rings is 1. The second-order valence-electron chi connectivity index (χ2n) is 3.86. The van der Waals surface area contributed by atoms with E-state index in [1.54, 1.807) is 13.2 Å². The van der Waals surface area contributed by atoms with Crippen molar-refractivity contribution in [1.29, 1.82) is 0 Å². The Labute approximate surface area is 110 Å². The molecule has 94 valence electrons. The fourth-order valence-corrected chi connectivity index (χ4v) is 1.90. The van der Waals surface area contributed by atoms with Crippen molar-refractivity contribution >= 4 is 15.9 Å². The van der Waals surface area contributed by atoms with Crippen LogP contribution in [0, 0.1) is 0 Å². The van der Waals surface area contributed by atoms with Gasteiger partial charge in [0.2, 0.25) is 0 Å². The number of allylic oxidation sites excluding steroid dienone is 1. The lowest BCUT2D eigenvalue weighted by molar-refractivity contribution is 0.279. The normalized spacial score (nSPS) is 9.94. The van der Waals surface area contributed by atoms with Crippen LogP contribution in [0.5, 0.6) is 11.5 Å². The van der Waals surface area contributed by atoms with Gasteiger partial charge in [-0.05, 0) is 53.5 Å². The van der Waals surface area contributed by atoms with Crippen molar-refractivity contribution in [3.63, 3.8) is 0 Å². The van der Waals surface area contributed by atoms with E-state index in [1.165, 1.54) is 5.57 Å². The van der Waals surface area contributed by atoms with Crippen LogP contribution in [0.25, 0.3) is 0 Å². The lowest BCUT2D eigenvalue weighted by Crippen LogP contribution is -1.99. The molecule has 0 saturated carbocycles. The van der Waals surface area contributed by atoms with E-state index >= 15 is 0 Å². The molecule has 1 N–H and O–H groups in total. The molecule has 0 bridgehead atoms. The highest BCUT2D eigenvalue weighted by Crippen LogP contribution is 2.36. The molecule has 0 aliphatic rings. The van der Waals surface area contributed by atoms with Gasteiger partial charge in [-0.25, -0.2) is 0 Å². The van der Waals surface area contributed by atoms with E-state index in [9.17, 15) is 0 Å². The molecular weight excluding hydrogens is 284 g/mol. The molecule has 1 rings (SSSR count). The fourth-order valence-electron chi connectivity index (χ4n) is 1.30. The Morgan fingerprint density at radius 2 is 2.12 bits per heavy atom. The van der Waals surface area contributed by atoms with E-state index in [2.05, 4.69) is 15.9 Å². The van der Waals surface area contributed by atoms with Crippen molar-refractivity contribution in [2.24, 2.45) is 0 Å². The van der Waals surface area contributed by atoms with Gasteiger partial charge in [0.15, 0.2) is 11.5 Å². The van der Waals surface area contributed by atoms with Crippen LogP contribution >= 0.6 is 15.9 Å². The quantitative estimate of drug-likeness (QED) is 0.848. The molecule has 17 heavy (non-hydrogen) atoms. The highest BCUT2D eigenvalue weighted by molar-refractivity contribution is 9.10. The Balaban J connectivity index is 2.93. The van der Waals surface area contributed by atoms with Gasteiger partial charge in [0.1, 0.15) is 6.61 Å². The van der Waals surface area contributed by atoms with E-state index < -0.39 is 0 Å². The van der Waals surface area contributed by atoms with Gasteiger partial charge in [-0.15, -0.1) is 0 Å². The van der Waals surface area contributed by atoms with Gasteiger partial charge in [0.25, 0.3) is 0 Å². The molecule has 4 heteroatoms. The Kier molecular flexibility index (Phi) is 5.51. The average molecular weight is 301 g/mol. The zero-order valence-electron chi connectivity index (χ0n) is 10.3. The van der Waals surface area contributed by atoms with Crippen LogP contribution < -0.4 is 9.47 Å². The third-order valence-electron chi connectivity index (χ3n) is 2.19. The van der Waals surface area contributed by atoms with Gasteiger partial charge in [0, 0.05) is 0 Å². The van der Waals surface area contributed by atoms with E-state index in [0.29, 0.717) is 18.1 Å². The van der Waals surface area contributed by atoms with Crippen molar-refractivity contribution in [3.8, 4) is 11.5 Å². The minimum absolute atomic E-state index is 0.0246. The largest absolute Gasteiger partial charge is 0.493 e. The smallest absolute Gasteiger partial charge is 0.175 e. The third-order valence-corrected chi connectivity index (χ3v) is 2.78. The first-order valence-corrected chi connectivity index (χ1v) is 6.11. The summed E-state index contributed by atoms with van der Waals surface area (Å²) in [7, 11) is 1.58. The second kappa shape index (κ2) is 6.67. The summed E-state index contributed by atoms with van der Waals surface area (Å²) < 4.78 is 11.7. The number of aliphatic hydroxyl groups excluding tert-OH is 1. The summed E-state index contributed by atoms with van der Waals surface area (Å²) in [6.45, 7) is 4.51. The number of halogens is 1. The number of ether oxygens (including phenoxy) is 2. The molecule has 0 amide bonds. The number of aliphatic hydroxyl groups is 1. The standard InChI is InChI=1S/C13H17BrO3/c1-9(2)4-5-17-13-11(14)6-10(8-15)7-12(13)16-3/h4,6-7,15H,5,8H2,1-3H3. The molecule has 1 aromatic rings. The van der Waals surface area contributed by atoms with Crippen molar-refractivity contribution in [2.45, 2.75) is 20.5 Å². The van der Waals surface area contributed by atoms with Crippen LogP contribution in [0.15, 0.2) is 28.3 Å². The van der Waals surface area contributed by atoms with Crippen LogP contribution in [-0.2, 0) is 6.61 Å². The maximum atomic E-state index is 9.10. The van der Waals surface area contributed by atoms with E-state index in [0.717, 1.165) is 10.0 Å². The SMILES string of the molecule is COc1cc(CO)cc(Br)c1OCC=C(C)C. The summed E-state index contributed by atoms with van der Waals surface area (Å²) in [5, 5.41) is 9.10. The molecule has 0 aliphatic heterocycles. The van der Waals surface area contributed by atoms with Gasteiger partial charge < -0.3 is 14.6 Å². The van der Waals surface area contributed by atoms with Crippen molar-refractivity contribution in [1.82, 2.24) is 0 Å². The molecule has 0 spiro atoms. The van der Waals surface area contributed by atoms with Gasteiger partial charge in [-0.1, -0.05) is 5.57 Å². The Bertz CT molecular complexity index is 409. The molecular formula is C13H17BrO3. The Morgan fingerprint density at radius 1 is 1.41 bits per heavy atom. The van der Waals surface area contributed by atoms with E-state index in [4.69, 9.17) is 14.6 Å². The summed E-state index contributed by atoms with van der Waals surface area (Å²) in [6.07, 6.45) is 1.99. The number of hydrogen-bond acceptors (Lipinski definition) is 3. The number of hydrogen-bond donors (Lipinski definition) is 1. The minimum atomic E-state index is -0.0246. The predicted molar refractivity (Wildman–Crippen MR) is 71.5 cm³/mol. The van der Waals surface area contributed by atoms with Gasteiger partial charge in [0.05, 0.1) is 18.2 Å². The zero-order chi connectivity index (χ0) is 12.8. The van der Waals surface area contributed by atoms with Crippen LogP contribution in [0.2, 0.25) is 0 Å². The number of methoxy groups -OCH3 is 1. The lowest BCUT2D eigenvalue weighted by Gasteiger charge is -2.12. The van der Waals surface area contributed by atoms with Crippen LogP contribution in [0.1, 0.15) is 19.4 Å². The summed E-state index contributed by atoms with van der Waals surface area (Å²) in [4.78, 5) is 0. The molecule has 0 saturated heterocycles. The summed E-state index contributed by atoms with van der Waals surface area (Å²) in [6, 6.07) is 3.59. The first kappa shape index (κ1) is 14.1. The van der Waals surface area contributed by atoms with Gasteiger partial charge >= 0.3 is 0 Å². The average Bonchev–Trinajstić information content (AvgIpc) is 2.30. The van der Waals surface area contributed by atoms with Crippen molar-refractivity contribution in [2.75, 3.05) is 13.7 Å². The maximum absolute atomic E-state index is 9.10. The fraction of sp³-hybridized carbons (Fsp3) is 0.385. The molecule has 0 aliphatic carbocycles. The molecule has 0 aromatic heterocycles. The molecule has 0 radical (unpaired) electrons. The monoisotopic (exact) mass is 300 g/mol. The molecule has 0 unspecified atom stereocenters. The van der Waals surface area contributed by atoms with Gasteiger partial charge in [-0.2, -0.15) is 0 Å². The van der Waals surface area contributed by atoms with E-state index in [-0.39, 0.29) is 6.61 Å². The van der Waals surface area contributed by atoms with Crippen molar-refractivity contribution < 1.29 is 14.6 Å². The van der Waals surface area contributed by atoms with Crippen molar-refractivity contribution in [3.05, 3.63) is 33.8 Å². The topological polar surface area (TPSA) is 38.7 Å². The summed E-state index contributed by atoms with van der Waals surface area (Å²) in [5.74, 6) is 1.27. The molecule has 0 fully saturated rings. The summed E-state index contributed by atoms with van der Waals surface area (Å²) in [5.41, 5.74) is 1.98. The zero-order valence-corrected chi connectivity index (χ0v) is 11.9. The molecule has 0 atom stereocenters. The molecule has 1 aromatic carbocycles. The number of rotatable bonds is 5. The highest BCUT2D eigenvalue weighted by atomic mass is 79.9. The molecule has 3 nitrogen and oxygen atoms in total. The Hall–Kier alpha value is -1.00. The summed E-state index contributed by atoms with van der Waals surface area (Å²) >= 11 is 3.41.